The van der Waals surface area contributed by atoms with Crippen molar-refractivity contribution in [2.24, 2.45) is 0 Å². The van der Waals surface area contributed by atoms with Crippen molar-refractivity contribution in [1.29, 1.82) is 0 Å². The molecule has 1 aromatic heterocycles. The van der Waals surface area contributed by atoms with E-state index >= 15 is 0 Å². The summed E-state index contributed by atoms with van der Waals surface area (Å²) >= 11 is 0. The van der Waals surface area contributed by atoms with Gasteiger partial charge in [0, 0.05) is 11.8 Å². The van der Waals surface area contributed by atoms with Crippen LogP contribution >= 0.6 is 0 Å². The molecule has 2 aromatic carbocycles. The number of aromatic nitrogens is 1. The first-order chi connectivity index (χ1) is 12.1. The predicted octanol–water partition coefficient (Wildman–Crippen LogP) is 4.08. The zero-order chi connectivity index (χ0) is 17.2. The molecule has 25 heavy (non-hydrogen) atoms. The second-order valence-corrected chi connectivity index (χ2v) is 7.10. The molecule has 2 aliphatic rings. The Morgan fingerprint density at radius 2 is 1.76 bits per heavy atom. The molecule has 1 unspecified atom stereocenters. The summed E-state index contributed by atoms with van der Waals surface area (Å²) in [5.41, 5.74) is 2.61. The van der Waals surface area contributed by atoms with E-state index in [0.717, 1.165) is 35.1 Å². The minimum Gasteiger partial charge on any atom is -0.300 e. The molecule has 0 radical (unpaired) electrons. The molecule has 0 saturated carbocycles. The monoisotopic (exact) mass is 330 g/mol. The summed E-state index contributed by atoms with van der Waals surface area (Å²) < 4.78 is 1.81. The molecular weight excluding hydrogens is 312 g/mol. The Balaban J connectivity index is 1.94. The number of amides is 1. The fourth-order valence-electron chi connectivity index (χ4n) is 4.47. The minimum atomic E-state index is -0.517. The van der Waals surface area contributed by atoms with Crippen LogP contribution in [0.1, 0.15) is 42.2 Å². The number of carbonyl (C=O) groups is 2. The summed E-state index contributed by atoms with van der Waals surface area (Å²) in [5, 5.41) is 1.03. The van der Waals surface area contributed by atoms with Crippen molar-refractivity contribution in [3.8, 4) is 0 Å². The zero-order valence-corrected chi connectivity index (χ0v) is 14.0. The fraction of sp³-hybridized carbons (Fsp3) is 0.238. The molecule has 1 saturated heterocycles. The lowest BCUT2D eigenvalue weighted by Crippen LogP contribution is -2.51. The van der Waals surface area contributed by atoms with Crippen LogP contribution in [0.2, 0.25) is 0 Å². The maximum Gasteiger partial charge on any atom is 0.264 e. The second kappa shape index (κ2) is 4.82. The van der Waals surface area contributed by atoms with Gasteiger partial charge in [0.25, 0.3) is 5.91 Å². The van der Waals surface area contributed by atoms with Crippen LogP contribution in [0.25, 0.3) is 10.9 Å². The number of para-hydroxylation sites is 2. The van der Waals surface area contributed by atoms with Gasteiger partial charge in [-0.2, -0.15) is 0 Å². The lowest BCUT2D eigenvalue weighted by atomic mass is 9.84. The molecule has 1 amide bonds. The van der Waals surface area contributed by atoms with Crippen LogP contribution in [0, 0.1) is 0 Å². The molecular formula is C21H18N2O2. The van der Waals surface area contributed by atoms with Crippen molar-refractivity contribution in [3.63, 3.8) is 0 Å². The first kappa shape index (κ1) is 14.5. The maximum absolute atomic E-state index is 13.4. The zero-order valence-electron chi connectivity index (χ0n) is 14.0. The van der Waals surface area contributed by atoms with Gasteiger partial charge in [-0.15, -0.1) is 0 Å². The first-order valence-corrected chi connectivity index (χ1v) is 8.69. The topological polar surface area (TPSA) is 42.3 Å². The molecule has 124 valence electrons. The van der Waals surface area contributed by atoms with E-state index < -0.39 is 5.54 Å². The van der Waals surface area contributed by atoms with E-state index in [-0.39, 0.29) is 11.8 Å². The molecule has 3 aromatic rings. The van der Waals surface area contributed by atoms with Gasteiger partial charge >= 0.3 is 0 Å². The van der Waals surface area contributed by atoms with E-state index in [1.807, 2.05) is 58.0 Å². The van der Waals surface area contributed by atoms with Crippen LogP contribution in [0.15, 0.2) is 54.6 Å². The van der Waals surface area contributed by atoms with Crippen molar-refractivity contribution in [2.45, 2.75) is 31.7 Å². The Bertz CT molecular complexity index is 1050. The van der Waals surface area contributed by atoms with Gasteiger partial charge in [0.15, 0.2) is 0 Å². The average Bonchev–Trinajstić information content (AvgIpc) is 2.98. The van der Waals surface area contributed by atoms with Gasteiger partial charge in [0.05, 0.1) is 28.0 Å². The Hall–Kier alpha value is -2.88. The number of rotatable bonds is 0. The van der Waals surface area contributed by atoms with Gasteiger partial charge < -0.3 is 4.90 Å². The summed E-state index contributed by atoms with van der Waals surface area (Å²) in [5.74, 6) is 0.0305. The number of benzene rings is 2. The van der Waals surface area contributed by atoms with Crippen molar-refractivity contribution >= 4 is 28.4 Å². The Labute approximate surface area is 145 Å². The molecule has 3 heterocycles. The number of carbonyl (C=O) groups excluding carboxylic acids is 2. The van der Waals surface area contributed by atoms with E-state index in [1.54, 1.807) is 0 Å². The van der Waals surface area contributed by atoms with Gasteiger partial charge in [0.2, 0.25) is 5.91 Å². The number of hydrogen-bond acceptors (Lipinski definition) is 2. The Morgan fingerprint density at radius 1 is 1.00 bits per heavy atom. The summed E-state index contributed by atoms with van der Waals surface area (Å²) in [4.78, 5) is 28.2. The standard InChI is InChI=1S/C21H18N2O2/c1-21-12-6-11-19(24)23(21)17-10-5-3-8-15(17)20(25)22-16-9-4-2-7-14(16)13-18(21)22/h2-5,7-10,13H,6,11-12H2,1H3. The third-order valence-electron chi connectivity index (χ3n) is 5.64. The number of nitrogens with zero attached hydrogens (tertiary/aromatic N) is 2. The number of piperidine rings is 1. The molecule has 4 nitrogen and oxygen atoms in total. The molecule has 4 heteroatoms. The van der Waals surface area contributed by atoms with Crippen LogP contribution in [0.4, 0.5) is 5.69 Å². The summed E-state index contributed by atoms with van der Waals surface area (Å²) in [6, 6.07) is 17.5. The van der Waals surface area contributed by atoms with Gasteiger partial charge in [-0.25, -0.2) is 0 Å². The van der Waals surface area contributed by atoms with Crippen LogP contribution < -0.4 is 4.90 Å². The normalized spacial score (nSPS) is 22.4. The van der Waals surface area contributed by atoms with E-state index in [2.05, 4.69) is 13.0 Å². The van der Waals surface area contributed by atoms with E-state index in [4.69, 9.17) is 0 Å². The van der Waals surface area contributed by atoms with Crippen molar-refractivity contribution in [3.05, 3.63) is 65.9 Å². The molecule has 1 atom stereocenters. The summed E-state index contributed by atoms with van der Waals surface area (Å²) in [6.07, 6.45) is 2.21. The molecule has 5 rings (SSSR count). The van der Waals surface area contributed by atoms with Gasteiger partial charge in [-0.05, 0) is 44.0 Å². The highest BCUT2D eigenvalue weighted by molar-refractivity contribution is 6.11. The highest BCUT2D eigenvalue weighted by Crippen LogP contribution is 2.46. The number of anilines is 1. The fourth-order valence-corrected chi connectivity index (χ4v) is 4.47. The molecule has 2 aliphatic heterocycles. The third kappa shape index (κ3) is 1.77. The van der Waals surface area contributed by atoms with Crippen LogP contribution in [0.3, 0.4) is 0 Å². The maximum atomic E-state index is 13.4. The molecule has 1 fully saturated rings. The highest BCUT2D eigenvalue weighted by Gasteiger charge is 2.47. The number of hydrogen-bond donors (Lipinski definition) is 0. The van der Waals surface area contributed by atoms with Gasteiger partial charge in [0.1, 0.15) is 0 Å². The van der Waals surface area contributed by atoms with Crippen LogP contribution in [-0.4, -0.2) is 16.4 Å². The van der Waals surface area contributed by atoms with Crippen molar-refractivity contribution < 1.29 is 9.59 Å². The molecule has 0 spiro atoms. The van der Waals surface area contributed by atoms with Gasteiger partial charge in [-0.1, -0.05) is 30.3 Å². The predicted molar refractivity (Wildman–Crippen MR) is 96.8 cm³/mol. The second-order valence-electron chi connectivity index (χ2n) is 7.10. The average molecular weight is 330 g/mol. The van der Waals surface area contributed by atoms with Gasteiger partial charge in [-0.3, -0.25) is 14.2 Å². The van der Waals surface area contributed by atoms with E-state index in [9.17, 15) is 9.59 Å². The smallest absolute Gasteiger partial charge is 0.264 e. The van der Waals surface area contributed by atoms with E-state index in [0.29, 0.717) is 12.0 Å². The summed E-state index contributed by atoms with van der Waals surface area (Å²) in [7, 11) is 0. The van der Waals surface area contributed by atoms with E-state index in [1.165, 1.54) is 0 Å². The number of fused-ring (bicyclic) bond motifs is 7. The van der Waals surface area contributed by atoms with Crippen LogP contribution in [-0.2, 0) is 10.3 Å². The SMILES string of the molecule is CC12CCCC(=O)N1c1ccccc1C(=O)n1c2cc2ccccc21. The molecule has 0 N–H and O–H groups in total. The molecule has 0 bridgehead atoms. The molecule has 0 aliphatic carbocycles. The lowest BCUT2D eigenvalue weighted by Gasteiger charge is -2.44. The largest absolute Gasteiger partial charge is 0.300 e. The Morgan fingerprint density at radius 3 is 2.64 bits per heavy atom. The van der Waals surface area contributed by atoms with Crippen LogP contribution in [0.5, 0.6) is 0 Å². The third-order valence-corrected chi connectivity index (χ3v) is 5.64. The first-order valence-electron chi connectivity index (χ1n) is 8.69. The minimum absolute atomic E-state index is 0.0600. The quantitative estimate of drug-likeness (QED) is 0.623. The highest BCUT2D eigenvalue weighted by atomic mass is 16.2. The Kier molecular flexibility index (Phi) is 2.79. The lowest BCUT2D eigenvalue weighted by molar-refractivity contribution is -0.121. The summed E-state index contributed by atoms with van der Waals surface area (Å²) in [6.45, 7) is 2.09. The van der Waals surface area contributed by atoms with Crippen molar-refractivity contribution in [2.75, 3.05) is 4.90 Å². The van der Waals surface area contributed by atoms with Crippen molar-refractivity contribution in [1.82, 2.24) is 4.57 Å².